The first-order valence-electron chi connectivity index (χ1n) is 8.82. The van der Waals surface area contributed by atoms with Crippen LogP contribution < -0.4 is 15.9 Å². The van der Waals surface area contributed by atoms with Crippen LogP contribution in [0.3, 0.4) is 0 Å². The molecule has 1 aromatic heterocycles. The molecule has 0 fully saturated rings. The smallest absolute Gasteiger partial charge is 0.374 e. The van der Waals surface area contributed by atoms with E-state index in [1.165, 1.54) is 12.1 Å². The molecule has 0 spiro atoms. The molecule has 0 aliphatic carbocycles. The van der Waals surface area contributed by atoms with E-state index in [1.807, 2.05) is 0 Å². The third-order valence-corrected chi connectivity index (χ3v) is 5.09. The molecular formula is C20H18N2O7S. The average Bonchev–Trinajstić information content (AvgIpc) is 2.71. The van der Waals surface area contributed by atoms with Crippen LogP contribution in [0.4, 0.5) is 0 Å². The summed E-state index contributed by atoms with van der Waals surface area (Å²) in [6.07, 6.45) is 0.435. The number of carbonyl (C=O) groups excluding carboxylic acids is 2. The standard InChI is InChI=1S/C20H18N2O7S/c21-30(26,27)14-7-5-13(6-8-14)9-10-22-19(24)12-28-20(25)18-11-16(23)15-3-1-2-4-17(15)29-18/h1-8,11H,9-10,12H2,(H,22,24)(H2,21,26,27). The van der Waals surface area contributed by atoms with Crippen molar-refractivity contribution in [1.29, 1.82) is 0 Å². The molecule has 0 bridgehead atoms. The minimum Gasteiger partial charge on any atom is -0.450 e. The third-order valence-electron chi connectivity index (χ3n) is 4.16. The number of nitrogens with one attached hydrogen (secondary N) is 1. The summed E-state index contributed by atoms with van der Waals surface area (Å²) in [5, 5.41) is 7.94. The molecule has 0 aliphatic heterocycles. The van der Waals surface area contributed by atoms with Gasteiger partial charge in [-0.1, -0.05) is 24.3 Å². The highest BCUT2D eigenvalue weighted by molar-refractivity contribution is 7.89. The van der Waals surface area contributed by atoms with Crippen LogP contribution in [0.25, 0.3) is 11.0 Å². The number of primary sulfonamides is 1. The molecule has 0 saturated carbocycles. The van der Waals surface area contributed by atoms with Crippen molar-refractivity contribution in [3.05, 3.63) is 76.1 Å². The lowest BCUT2D eigenvalue weighted by Gasteiger charge is -2.07. The maximum absolute atomic E-state index is 12.1. The summed E-state index contributed by atoms with van der Waals surface area (Å²) in [5.74, 6) is -1.75. The van der Waals surface area contributed by atoms with Crippen molar-refractivity contribution in [1.82, 2.24) is 5.32 Å². The number of hydrogen-bond donors (Lipinski definition) is 2. The number of hydrogen-bond acceptors (Lipinski definition) is 7. The highest BCUT2D eigenvalue weighted by Gasteiger charge is 2.15. The Labute approximate surface area is 171 Å². The molecule has 1 heterocycles. The molecule has 0 unspecified atom stereocenters. The summed E-state index contributed by atoms with van der Waals surface area (Å²) in [7, 11) is -3.75. The number of fused-ring (bicyclic) bond motifs is 1. The van der Waals surface area contributed by atoms with Gasteiger partial charge in [0, 0.05) is 12.6 Å². The van der Waals surface area contributed by atoms with Crippen LogP contribution in [-0.2, 0) is 26.0 Å². The number of benzene rings is 2. The number of amides is 1. The van der Waals surface area contributed by atoms with Gasteiger partial charge in [-0.15, -0.1) is 0 Å². The summed E-state index contributed by atoms with van der Waals surface area (Å²) in [6.45, 7) is -0.296. The Morgan fingerprint density at radius 2 is 1.77 bits per heavy atom. The van der Waals surface area contributed by atoms with E-state index in [0.717, 1.165) is 11.6 Å². The summed E-state index contributed by atoms with van der Waals surface area (Å²) in [5.41, 5.74) is 0.647. The molecule has 0 atom stereocenters. The Bertz CT molecular complexity index is 1250. The summed E-state index contributed by atoms with van der Waals surface area (Å²) in [6, 6.07) is 13.4. The van der Waals surface area contributed by atoms with Gasteiger partial charge < -0.3 is 14.5 Å². The zero-order chi connectivity index (χ0) is 21.7. The molecule has 3 aromatic rings. The lowest BCUT2D eigenvalue weighted by atomic mass is 10.1. The number of nitrogens with two attached hydrogens (primary N) is 1. The van der Waals surface area contributed by atoms with E-state index in [9.17, 15) is 22.8 Å². The Morgan fingerprint density at radius 1 is 1.07 bits per heavy atom. The molecule has 1 amide bonds. The van der Waals surface area contributed by atoms with Crippen molar-refractivity contribution in [2.75, 3.05) is 13.2 Å². The first-order chi connectivity index (χ1) is 14.2. The lowest BCUT2D eigenvalue weighted by molar-refractivity contribution is -0.124. The summed E-state index contributed by atoms with van der Waals surface area (Å²) >= 11 is 0. The highest BCUT2D eigenvalue weighted by atomic mass is 32.2. The molecule has 0 radical (unpaired) electrons. The normalized spacial score (nSPS) is 11.2. The predicted octanol–water partition coefficient (Wildman–Crippen LogP) is 0.956. The number of para-hydroxylation sites is 1. The Kier molecular flexibility index (Phi) is 6.28. The van der Waals surface area contributed by atoms with E-state index in [0.29, 0.717) is 11.8 Å². The van der Waals surface area contributed by atoms with Gasteiger partial charge in [-0.3, -0.25) is 9.59 Å². The van der Waals surface area contributed by atoms with Crippen molar-refractivity contribution in [2.45, 2.75) is 11.3 Å². The zero-order valence-electron chi connectivity index (χ0n) is 15.7. The van der Waals surface area contributed by atoms with Crippen LogP contribution in [0.2, 0.25) is 0 Å². The largest absolute Gasteiger partial charge is 0.450 e. The number of esters is 1. The molecule has 30 heavy (non-hydrogen) atoms. The molecule has 0 aliphatic rings. The molecule has 3 N–H and O–H groups in total. The maximum atomic E-state index is 12.1. The fourth-order valence-corrected chi connectivity index (χ4v) is 3.17. The quantitative estimate of drug-likeness (QED) is 0.531. The summed E-state index contributed by atoms with van der Waals surface area (Å²) in [4.78, 5) is 35.9. The molecule has 10 heteroatoms. The van der Waals surface area contributed by atoms with Crippen LogP contribution in [-0.4, -0.2) is 33.4 Å². The second-order valence-electron chi connectivity index (χ2n) is 6.34. The predicted molar refractivity (Wildman–Crippen MR) is 107 cm³/mol. The molecule has 3 rings (SSSR count). The van der Waals surface area contributed by atoms with Gasteiger partial charge in [-0.2, -0.15) is 0 Å². The molecular weight excluding hydrogens is 412 g/mol. The molecule has 156 valence electrons. The van der Waals surface area contributed by atoms with Crippen LogP contribution in [0, 0.1) is 0 Å². The Balaban J connectivity index is 1.49. The first kappa shape index (κ1) is 21.2. The fourth-order valence-electron chi connectivity index (χ4n) is 2.65. The van der Waals surface area contributed by atoms with Gasteiger partial charge in [0.2, 0.25) is 15.8 Å². The minimum atomic E-state index is -3.75. The van der Waals surface area contributed by atoms with E-state index in [4.69, 9.17) is 14.3 Å². The van der Waals surface area contributed by atoms with E-state index in [-0.39, 0.29) is 28.2 Å². The number of carbonyl (C=O) groups is 2. The second kappa shape index (κ2) is 8.89. The van der Waals surface area contributed by atoms with Gasteiger partial charge in [-0.05, 0) is 36.2 Å². The minimum absolute atomic E-state index is 0.00235. The van der Waals surface area contributed by atoms with Crippen molar-refractivity contribution in [3.63, 3.8) is 0 Å². The Hall–Kier alpha value is -3.50. The van der Waals surface area contributed by atoms with Gasteiger partial charge in [0.05, 0.1) is 10.3 Å². The zero-order valence-corrected chi connectivity index (χ0v) is 16.5. The van der Waals surface area contributed by atoms with Crippen molar-refractivity contribution in [2.24, 2.45) is 5.14 Å². The second-order valence-corrected chi connectivity index (χ2v) is 7.90. The molecule has 9 nitrogen and oxygen atoms in total. The highest BCUT2D eigenvalue weighted by Crippen LogP contribution is 2.12. The average molecular weight is 430 g/mol. The SMILES string of the molecule is NS(=O)(=O)c1ccc(CCNC(=O)COC(=O)c2cc(=O)c3ccccc3o2)cc1. The van der Waals surface area contributed by atoms with Gasteiger partial charge in [0.25, 0.3) is 5.91 Å². The molecule has 2 aromatic carbocycles. The van der Waals surface area contributed by atoms with Gasteiger partial charge in [0.1, 0.15) is 5.58 Å². The lowest BCUT2D eigenvalue weighted by Crippen LogP contribution is -2.30. The summed E-state index contributed by atoms with van der Waals surface area (Å²) < 4.78 is 32.7. The number of rotatable bonds is 7. The van der Waals surface area contributed by atoms with Gasteiger partial charge in [-0.25, -0.2) is 18.4 Å². The fraction of sp³-hybridized carbons (Fsp3) is 0.150. The Morgan fingerprint density at radius 3 is 2.47 bits per heavy atom. The monoisotopic (exact) mass is 430 g/mol. The van der Waals surface area contributed by atoms with Crippen LogP contribution in [0.5, 0.6) is 0 Å². The number of sulfonamides is 1. The topological polar surface area (TPSA) is 146 Å². The van der Waals surface area contributed by atoms with E-state index in [1.54, 1.807) is 36.4 Å². The van der Waals surface area contributed by atoms with Gasteiger partial charge >= 0.3 is 5.97 Å². The van der Waals surface area contributed by atoms with Crippen molar-refractivity contribution >= 4 is 32.9 Å². The number of ether oxygens (including phenoxy) is 1. The van der Waals surface area contributed by atoms with E-state index in [2.05, 4.69) is 5.32 Å². The van der Waals surface area contributed by atoms with Crippen LogP contribution in [0.15, 0.2) is 68.7 Å². The van der Waals surface area contributed by atoms with Crippen molar-refractivity contribution < 1.29 is 27.2 Å². The first-order valence-corrected chi connectivity index (χ1v) is 10.4. The van der Waals surface area contributed by atoms with Crippen molar-refractivity contribution in [3.8, 4) is 0 Å². The van der Waals surface area contributed by atoms with Crippen LogP contribution >= 0.6 is 0 Å². The van der Waals surface area contributed by atoms with E-state index >= 15 is 0 Å². The van der Waals surface area contributed by atoms with Crippen LogP contribution in [0.1, 0.15) is 16.1 Å². The maximum Gasteiger partial charge on any atom is 0.374 e. The molecule has 0 saturated heterocycles. The third kappa shape index (κ3) is 5.31. The van der Waals surface area contributed by atoms with E-state index < -0.39 is 28.5 Å². The van der Waals surface area contributed by atoms with Gasteiger partial charge in [0.15, 0.2) is 12.0 Å².